The van der Waals surface area contributed by atoms with Crippen LogP contribution in [-0.4, -0.2) is 50.6 Å². The van der Waals surface area contributed by atoms with Gasteiger partial charge < -0.3 is 25.5 Å². The number of fused-ring (bicyclic) bond motifs is 1. The lowest BCUT2D eigenvalue weighted by Crippen LogP contribution is -2.44. The monoisotopic (exact) mass is 607 g/mol. The van der Waals surface area contributed by atoms with Gasteiger partial charge in [-0.3, -0.25) is 9.59 Å². The van der Waals surface area contributed by atoms with Gasteiger partial charge in [0, 0.05) is 18.7 Å². The Bertz CT molecular complexity index is 1800. The first-order valence-electron chi connectivity index (χ1n) is 15.1. The summed E-state index contributed by atoms with van der Waals surface area (Å²) < 4.78 is 20.3. The summed E-state index contributed by atoms with van der Waals surface area (Å²) in [6, 6.07) is 21.9. The number of halogens is 1. The molecule has 9 nitrogen and oxygen atoms in total. The van der Waals surface area contributed by atoms with Gasteiger partial charge >= 0.3 is 0 Å². The lowest BCUT2D eigenvalue weighted by atomic mass is 9.90. The van der Waals surface area contributed by atoms with Crippen molar-refractivity contribution < 1.29 is 23.8 Å². The number of aliphatic hydroxyl groups excluding tert-OH is 1. The van der Waals surface area contributed by atoms with Gasteiger partial charge in [0.15, 0.2) is 0 Å². The summed E-state index contributed by atoms with van der Waals surface area (Å²) in [4.78, 5) is 37.6. The quantitative estimate of drug-likeness (QED) is 0.155. The van der Waals surface area contributed by atoms with Crippen LogP contribution in [0.15, 0.2) is 85.3 Å². The number of amides is 2. The molecule has 0 bridgehead atoms. The molecule has 1 aliphatic rings. The third-order valence-corrected chi connectivity index (χ3v) is 8.11. The van der Waals surface area contributed by atoms with Gasteiger partial charge in [-0.05, 0) is 85.5 Å². The summed E-state index contributed by atoms with van der Waals surface area (Å²) >= 11 is 0. The highest BCUT2D eigenvalue weighted by Gasteiger charge is 2.26. The number of benzene rings is 3. The molecule has 1 fully saturated rings. The highest BCUT2D eigenvalue weighted by molar-refractivity contribution is 6.04. The van der Waals surface area contributed by atoms with E-state index in [0.29, 0.717) is 48.9 Å². The fourth-order valence-electron chi connectivity index (χ4n) is 5.73. The zero-order valence-corrected chi connectivity index (χ0v) is 24.6. The molecule has 45 heavy (non-hydrogen) atoms. The second-order valence-electron chi connectivity index (χ2n) is 11.3. The molecule has 1 saturated carbocycles. The van der Waals surface area contributed by atoms with Crippen LogP contribution in [0.2, 0.25) is 0 Å². The van der Waals surface area contributed by atoms with E-state index in [9.17, 15) is 14.0 Å². The van der Waals surface area contributed by atoms with E-state index in [4.69, 9.17) is 9.84 Å². The van der Waals surface area contributed by atoms with Crippen LogP contribution in [0.1, 0.15) is 58.4 Å². The van der Waals surface area contributed by atoms with Gasteiger partial charge in [-0.25, -0.2) is 14.4 Å². The van der Waals surface area contributed by atoms with Gasteiger partial charge in [0.25, 0.3) is 11.8 Å². The van der Waals surface area contributed by atoms with E-state index < -0.39 is 11.7 Å². The zero-order chi connectivity index (χ0) is 31.2. The number of rotatable bonds is 10. The van der Waals surface area contributed by atoms with Gasteiger partial charge in [-0.1, -0.05) is 42.5 Å². The van der Waals surface area contributed by atoms with Crippen LogP contribution in [0.3, 0.4) is 0 Å². The Morgan fingerprint density at radius 3 is 2.31 bits per heavy atom. The van der Waals surface area contributed by atoms with Crippen LogP contribution in [-0.2, 0) is 6.42 Å². The SMILES string of the molecule is O=C(N[C@H]1CC[C@H](NC(=O)c2cccc3[nH]cnc23)CC1)c1cc(F)cnc1Oc1cccc(-c2ccc(CCCO)cc2)c1. The number of carbonyl (C=O) groups is 2. The van der Waals surface area contributed by atoms with Crippen molar-refractivity contribution in [3.8, 4) is 22.8 Å². The van der Waals surface area contributed by atoms with Crippen molar-refractivity contribution in [1.82, 2.24) is 25.6 Å². The fraction of sp³-hybridized carbons (Fsp3) is 0.257. The van der Waals surface area contributed by atoms with Crippen molar-refractivity contribution in [3.05, 3.63) is 108 Å². The molecule has 4 N–H and O–H groups in total. The molecule has 0 saturated heterocycles. The molecular weight excluding hydrogens is 573 g/mol. The molecule has 0 radical (unpaired) electrons. The number of aromatic amines is 1. The Hall–Kier alpha value is -5.09. The number of para-hydroxylation sites is 1. The number of aromatic nitrogens is 3. The summed E-state index contributed by atoms with van der Waals surface area (Å²) in [6.07, 6.45) is 6.81. The molecule has 230 valence electrons. The second-order valence-corrected chi connectivity index (χ2v) is 11.3. The Kier molecular flexibility index (Phi) is 9.11. The standard InChI is InChI=1S/C35H34FN5O4/c36-25-19-30(35(37-20-25)45-28-6-1-5-24(18-28)23-11-9-22(10-12-23)4-3-17-42)34(44)41-27-15-13-26(14-16-27)40-33(43)29-7-2-8-31-32(29)39-21-38-31/h1-2,5-12,18-21,26-27,42H,3-4,13-17H2,(H,38,39)(H,40,43)(H,41,44)/t26-,27-. The molecule has 6 rings (SSSR count). The number of pyridine rings is 1. The molecule has 1 aliphatic carbocycles. The maximum Gasteiger partial charge on any atom is 0.257 e. The first-order chi connectivity index (χ1) is 22.0. The van der Waals surface area contributed by atoms with Crippen molar-refractivity contribution >= 4 is 22.8 Å². The van der Waals surface area contributed by atoms with Crippen molar-refractivity contribution in [2.24, 2.45) is 0 Å². The van der Waals surface area contributed by atoms with Gasteiger partial charge in [0.1, 0.15) is 22.6 Å². The Morgan fingerprint density at radius 2 is 1.58 bits per heavy atom. The highest BCUT2D eigenvalue weighted by Crippen LogP contribution is 2.29. The van der Waals surface area contributed by atoms with Crippen LogP contribution in [0, 0.1) is 5.82 Å². The number of nitrogens with zero attached hydrogens (tertiary/aromatic N) is 2. The van der Waals surface area contributed by atoms with Crippen LogP contribution >= 0.6 is 0 Å². The van der Waals surface area contributed by atoms with Gasteiger partial charge in [0.2, 0.25) is 5.88 Å². The molecule has 2 aromatic heterocycles. The van der Waals surface area contributed by atoms with Crippen LogP contribution in [0.5, 0.6) is 11.6 Å². The fourth-order valence-corrected chi connectivity index (χ4v) is 5.73. The zero-order valence-electron chi connectivity index (χ0n) is 24.6. The largest absolute Gasteiger partial charge is 0.438 e. The van der Waals surface area contributed by atoms with Crippen molar-refractivity contribution in [2.45, 2.75) is 50.6 Å². The van der Waals surface area contributed by atoms with E-state index in [1.54, 1.807) is 18.5 Å². The number of nitrogens with one attached hydrogen (secondary N) is 3. The summed E-state index contributed by atoms with van der Waals surface area (Å²) in [5.41, 5.74) is 5.02. The Balaban J connectivity index is 1.07. The smallest absolute Gasteiger partial charge is 0.257 e. The predicted molar refractivity (Wildman–Crippen MR) is 169 cm³/mol. The molecule has 5 aromatic rings. The average Bonchev–Trinajstić information content (AvgIpc) is 3.55. The normalized spacial score (nSPS) is 16.3. The summed E-state index contributed by atoms with van der Waals surface area (Å²) in [5.74, 6) is -0.803. The molecule has 0 atom stereocenters. The Morgan fingerprint density at radius 1 is 0.867 bits per heavy atom. The maximum absolute atomic E-state index is 14.3. The third kappa shape index (κ3) is 7.18. The minimum Gasteiger partial charge on any atom is -0.438 e. The molecule has 0 unspecified atom stereocenters. The van der Waals surface area contributed by atoms with E-state index in [1.165, 1.54) is 0 Å². The predicted octanol–water partition coefficient (Wildman–Crippen LogP) is 5.95. The second kappa shape index (κ2) is 13.7. The van der Waals surface area contributed by atoms with Gasteiger partial charge in [-0.15, -0.1) is 0 Å². The lowest BCUT2D eigenvalue weighted by molar-refractivity contribution is 0.0890. The van der Waals surface area contributed by atoms with E-state index >= 15 is 0 Å². The number of hydrogen-bond donors (Lipinski definition) is 4. The van der Waals surface area contributed by atoms with Gasteiger partial charge in [-0.2, -0.15) is 0 Å². The summed E-state index contributed by atoms with van der Waals surface area (Å²) in [5, 5.41) is 15.2. The molecule has 10 heteroatoms. The first-order valence-corrected chi connectivity index (χ1v) is 15.1. The number of hydrogen-bond acceptors (Lipinski definition) is 6. The van der Waals surface area contributed by atoms with Gasteiger partial charge in [0.05, 0.1) is 23.6 Å². The molecule has 2 heterocycles. The van der Waals surface area contributed by atoms with Crippen molar-refractivity contribution in [2.75, 3.05) is 6.61 Å². The number of aliphatic hydroxyl groups is 1. The van der Waals surface area contributed by atoms with Crippen LogP contribution in [0.4, 0.5) is 4.39 Å². The van der Waals surface area contributed by atoms with Crippen LogP contribution in [0.25, 0.3) is 22.2 Å². The molecule has 0 aliphatic heterocycles. The van der Waals surface area contributed by atoms with E-state index in [2.05, 4.69) is 25.6 Å². The maximum atomic E-state index is 14.3. The third-order valence-electron chi connectivity index (χ3n) is 8.11. The number of imidazole rings is 1. The molecule has 0 spiro atoms. The minimum absolute atomic E-state index is 0.0103. The first kappa shape index (κ1) is 30.0. The van der Waals surface area contributed by atoms with Crippen molar-refractivity contribution in [3.63, 3.8) is 0 Å². The number of aryl methyl sites for hydroxylation is 1. The summed E-state index contributed by atoms with van der Waals surface area (Å²) in [6.45, 7) is 0.157. The lowest BCUT2D eigenvalue weighted by Gasteiger charge is -2.29. The van der Waals surface area contributed by atoms with E-state index in [0.717, 1.165) is 40.9 Å². The van der Waals surface area contributed by atoms with E-state index in [1.807, 2.05) is 54.6 Å². The number of carbonyl (C=O) groups excluding carboxylic acids is 2. The number of H-pyrrole nitrogens is 1. The summed E-state index contributed by atoms with van der Waals surface area (Å²) in [7, 11) is 0. The molecule has 3 aromatic carbocycles. The molecule has 2 amide bonds. The van der Waals surface area contributed by atoms with Crippen LogP contribution < -0.4 is 15.4 Å². The minimum atomic E-state index is -0.638. The average molecular weight is 608 g/mol. The molecular formula is C35H34FN5O4. The highest BCUT2D eigenvalue weighted by atomic mass is 19.1. The van der Waals surface area contributed by atoms with Crippen molar-refractivity contribution in [1.29, 1.82) is 0 Å². The topological polar surface area (TPSA) is 129 Å². The Labute approximate surface area is 259 Å². The number of ether oxygens (including phenoxy) is 1. The van der Waals surface area contributed by atoms with E-state index in [-0.39, 0.29) is 36.0 Å².